The lowest BCUT2D eigenvalue weighted by Crippen LogP contribution is -2.36. The van der Waals surface area contributed by atoms with Gasteiger partial charge in [0.15, 0.2) is 0 Å². The fourth-order valence-electron chi connectivity index (χ4n) is 12.3. The molecule has 0 aliphatic rings. The molecule has 0 amide bonds. The number of hydrogen-bond acceptors (Lipinski definition) is 25. The summed E-state index contributed by atoms with van der Waals surface area (Å²) in [6.07, 6.45) is 3.51. The molecule has 618 valence electrons. The van der Waals surface area contributed by atoms with Gasteiger partial charge in [-0.2, -0.15) is 0 Å². The van der Waals surface area contributed by atoms with Gasteiger partial charge in [0.25, 0.3) is 0 Å². The minimum absolute atomic E-state index is 0.000663. The van der Waals surface area contributed by atoms with E-state index in [9.17, 15) is 24.0 Å². The van der Waals surface area contributed by atoms with Gasteiger partial charge in [-0.25, -0.2) is 0 Å². The molecule has 5 aromatic rings. The number of likely N-dealkylation sites (N-methyl/N-ethyl adjacent to an activating group) is 8. The van der Waals surface area contributed by atoms with E-state index < -0.39 is 0 Å². The monoisotopic (exact) mass is 1600 g/mol. The van der Waals surface area contributed by atoms with Crippen molar-refractivity contribution in [2.24, 2.45) is 0 Å². The minimum Gasteiger partial charge on any atom is -0.379 e. The SMILES string of the molecule is CCCN(C)CCOCCN(C)c1c(C(C)(C)C)c(=S)c1=O.CCCN(CCC)CCOCCNc1c(C(C)(C)C)c(=S)c1=O.CCN(C)CCOCCN(C)c1c(C(C)(C)C)c(=S)c1=O.CCN(CC)CCOCCN(C)c1c(C(C)(C)C)c(=S)c1=O.CN(C)CCOCCN(C)c1c(C(C)(C)C)c(=S)c1=O. The zero-order valence-electron chi connectivity index (χ0n) is 72.7. The van der Waals surface area contributed by atoms with Crippen LogP contribution in [0.3, 0.4) is 0 Å². The first-order valence-electron chi connectivity index (χ1n) is 39.2. The largest absolute Gasteiger partial charge is 0.379 e. The summed E-state index contributed by atoms with van der Waals surface area (Å²) < 4.78 is 30.7. The van der Waals surface area contributed by atoms with Crippen molar-refractivity contribution in [3.8, 4) is 0 Å². The Balaban J connectivity index is 0.000000675. The third-order valence-electron chi connectivity index (χ3n) is 18.7. The van der Waals surface area contributed by atoms with E-state index in [1.54, 1.807) is 0 Å². The van der Waals surface area contributed by atoms with Crippen molar-refractivity contribution in [1.29, 1.82) is 0 Å². The summed E-state index contributed by atoms with van der Waals surface area (Å²) in [6.45, 7) is 65.7. The van der Waals surface area contributed by atoms with Crippen LogP contribution in [0.15, 0.2) is 24.0 Å². The Morgan fingerprint density at radius 3 is 0.824 bits per heavy atom. The van der Waals surface area contributed by atoms with Crippen LogP contribution in [-0.4, -0.2) is 252 Å². The molecule has 0 aromatic heterocycles. The van der Waals surface area contributed by atoms with Gasteiger partial charge in [0.2, 0.25) is 27.1 Å². The molecular formula is C83H146N10O10S5. The summed E-state index contributed by atoms with van der Waals surface area (Å²) in [7, 11) is 15.9. The van der Waals surface area contributed by atoms with E-state index in [1.165, 1.54) is 12.8 Å². The Bertz CT molecular complexity index is 3790. The molecule has 0 aliphatic carbocycles. The van der Waals surface area contributed by atoms with E-state index in [2.05, 4.69) is 189 Å². The molecule has 108 heavy (non-hydrogen) atoms. The highest BCUT2D eigenvalue weighted by atomic mass is 32.1. The highest BCUT2D eigenvalue weighted by Crippen LogP contribution is 2.37. The molecule has 0 fully saturated rings. The van der Waals surface area contributed by atoms with E-state index in [0.717, 1.165) is 155 Å². The quantitative estimate of drug-likeness (QED) is 0.0288. The summed E-state index contributed by atoms with van der Waals surface area (Å²) in [4.78, 5) is 79.1. The second-order valence-corrected chi connectivity index (χ2v) is 35.8. The molecule has 0 saturated heterocycles. The number of hydrogen-bond donors (Lipinski definition) is 1. The topological polar surface area (TPSA) is 173 Å². The zero-order chi connectivity index (χ0) is 83.0. The lowest BCUT2D eigenvalue weighted by Gasteiger charge is -2.30. The van der Waals surface area contributed by atoms with Crippen LogP contribution in [0.1, 0.15) is 192 Å². The lowest BCUT2D eigenvalue weighted by atomic mass is 9.82. The summed E-state index contributed by atoms with van der Waals surface area (Å²) in [5.74, 6) is 0. The van der Waals surface area contributed by atoms with Crippen LogP contribution in [0, 0.1) is 22.6 Å². The van der Waals surface area contributed by atoms with Gasteiger partial charge >= 0.3 is 0 Å². The molecule has 5 rings (SSSR count). The standard InChI is InChI=1S/C18H32N2O2S.2C17H30N2O2S.C16H28N2O2S.C15H26N2O2S/c1-6-9-20(10-7-2)11-13-22-12-8-19-15-14(18(3,4)5)17(23)16(15)21;1-7-8-18(5)9-11-21-12-10-19(6)14-13(17(2,3)4)16(22)15(14)20;1-7-19(8-2)10-12-21-11-9-18(6)14-13(17(3,4)5)16(22)15(14)20;1-7-17(5)8-10-20-11-9-18(6)13-12(16(2,3)4)15(21)14(13)19;1-15(2,3)11-12(13(18)14(11)20)17(6)8-10-19-9-7-16(4)5/h19H,6-13H2,1-5H3;2*7-12H2,1-6H3;7-11H2,1-6H3;7-10H2,1-6H3. The van der Waals surface area contributed by atoms with Gasteiger partial charge in [0.1, 0.15) is 0 Å². The first-order chi connectivity index (χ1) is 50.1. The zero-order valence-corrected chi connectivity index (χ0v) is 76.7. The molecule has 0 unspecified atom stereocenters. The lowest BCUT2D eigenvalue weighted by molar-refractivity contribution is 0.111. The molecule has 20 nitrogen and oxygen atoms in total. The van der Waals surface area contributed by atoms with Crippen LogP contribution >= 0.6 is 61.1 Å². The summed E-state index contributed by atoms with van der Waals surface area (Å²) in [6, 6.07) is 0. The van der Waals surface area contributed by atoms with Crippen LogP contribution in [0.4, 0.5) is 28.4 Å². The second-order valence-electron chi connectivity index (χ2n) is 33.7. The highest BCUT2D eigenvalue weighted by Gasteiger charge is 2.34. The van der Waals surface area contributed by atoms with Gasteiger partial charge in [-0.3, -0.25) is 24.0 Å². The molecular weight excluding hydrogens is 1460 g/mol. The summed E-state index contributed by atoms with van der Waals surface area (Å²) in [5, 5.41) is 3.20. The molecule has 25 heteroatoms. The van der Waals surface area contributed by atoms with Crippen LogP contribution in [0.5, 0.6) is 0 Å². The Morgan fingerprint density at radius 1 is 0.287 bits per heavy atom. The summed E-state index contributed by atoms with van der Waals surface area (Å²) in [5.41, 5.74) is 8.33. The highest BCUT2D eigenvalue weighted by molar-refractivity contribution is 7.72. The number of anilines is 5. The van der Waals surface area contributed by atoms with Gasteiger partial charge in [0, 0.05) is 121 Å². The predicted molar refractivity (Wildman–Crippen MR) is 473 cm³/mol. The Kier molecular flexibility index (Phi) is 46.3. The van der Waals surface area contributed by atoms with Gasteiger partial charge in [-0.1, -0.05) is 206 Å². The molecule has 5 aromatic carbocycles. The summed E-state index contributed by atoms with van der Waals surface area (Å²) >= 11 is 26.0. The van der Waals surface area contributed by atoms with E-state index in [0.29, 0.717) is 101 Å². The fourth-order valence-corrected chi connectivity index (χ4v) is 14.8. The normalized spacial score (nSPS) is 12.3. The van der Waals surface area contributed by atoms with Crippen molar-refractivity contribution in [1.82, 2.24) is 24.5 Å². The molecule has 0 atom stereocenters. The van der Waals surface area contributed by atoms with E-state index >= 15 is 0 Å². The third kappa shape index (κ3) is 32.9. The maximum atomic E-state index is 12.0. The van der Waals surface area contributed by atoms with Crippen molar-refractivity contribution < 1.29 is 23.7 Å². The molecule has 0 heterocycles. The predicted octanol–water partition coefficient (Wildman–Crippen LogP) is 13.3. The molecule has 1 N–H and O–H groups in total. The first-order valence-corrected chi connectivity index (χ1v) is 41.3. The van der Waals surface area contributed by atoms with Crippen LogP contribution in [-0.2, 0) is 50.8 Å². The van der Waals surface area contributed by atoms with Crippen molar-refractivity contribution in [3.05, 3.63) is 101 Å². The molecule has 0 saturated carbocycles. The van der Waals surface area contributed by atoms with Crippen molar-refractivity contribution in [2.45, 2.75) is 192 Å². The maximum absolute atomic E-state index is 12.0. The minimum atomic E-state index is -0.0883. The average Bonchev–Trinajstić information content (AvgIpc) is 0.784. The number of rotatable bonds is 44. The van der Waals surface area contributed by atoms with Crippen molar-refractivity contribution in [2.75, 3.05) is 252 Å². The van der Waals surface area contributed by atoms with Crippen LogP contribution < -0.4 is 52.1 Å². The second kappa shape index (κ2) is 49.0. The number of nitrogens with one attached hydrogen (secondary N) is 1. The van der Waals surface area contributed by atoms with Gasteiger partial charge < -0.3 is 73.1 Å². The number of ether oxygens (including phenoxy) is 5. The fraction of sp³-hybridized carbons (Fsp3) is 0.759. The van der Waals surface area contributed by atoms with Gasteiger partial charge in [-0.05, 0) is 114 Å². The van der Waals surface area contributed by atoms with E-state index in [4.69, 9.17) is 84.8 Å². The molecule has 0 radical (unpaired) electrons. The smallest absolute Gasteiger partial charge is 0.220 e. The molecule has 0 aliphatic heterocycles. The van der Waals surface area contributed by atoms with Crippen molar-refractivity contribution >= 4 is 89.5 Å². The Morgan fingerprint density at radius 2 is 0.546 bits per heavy atom. The Labute approximate surface area is 678 Å². The first kappa shape index (κ1) is 102. The average molecular weight is 1600 g/mol. The maximum Gasteiger partial charge on any atom is 0.220 e. The number of nitrogens with zero attached hydrogens (tertiary/aromatic N) is 9. The molecule has 0 spiro atoms. The molecule has 0 bridgehead atoms. The van der Waals surface area contributed by atoms with E-state index in [1.807, 2.05) is 61.9 Å². The van der Waals surface area contributed by atoms with Crippen LogP contribution in [0.2, 0.25) is 0 Å². The Hall–Kier alpha value is -3.90. The third-order valence-corrected chi connectivity index (χ3v) is 20.6. The van der Waals surface area contributed by atoms with E-state index in [-0.39, 0.29) is 54.2 Å². The van der Waals surface area contributed by atoms with Gasteiger partial charge in [0.05, 0.1) is 117 Å². The van der Waals surface area contributed by atoms with Gasteiger partial charge in [-0.15, -0.1) is 0 Å². The van der Waals surface area contributed by atoms with Crippen molar-refractivity contribution in [3.63, 3.8) is 0 Å². The van der Waals surface area contributed by atoms with Crippen LogP contribution in [0.25, 0.3) is 0 Å².